The second-order valence-electron chi connectivity index (χ2n) is 5.56. The molecule has 7 nitrogen and oxygen atoms in total. The Kier molecular flexibility index (Phi) is 5.68. The molecule has 1 aromatic carbocycles. The lowest BCUT2D eigenvalue weighted by Gasteiger charge is -2.35. The number of hydrogen-bond donors (Lipinski definition) is 1. The number of halogens is 1. The van der Waals surface area contributed by atoms with E-state index in [1.165, 1.54) is 4.80 Å². The topological polar surface area (TPSA) is 75.9 Å². The average Bonchev–Trinajstić information content (AvgIpc) is 3.05. The van der Waals surface area contributed by atoms with E-state index in [4.69, 9.17) is 0 Å². The highest BCUT2D eigenvalue weighted by atomic mass is 35.5. The molecule has 1 aromatic heterocycles. The normalized spacial score (nSPS) is 19.0. The van der Waals surface area contributed by atoms with Crippen molar-refractivity contribution >= 4 is 18.3 Å². The Morgan fingerprint density at radius 1 is 1.35 bits per heavy atom. The molecule has 1 aliphatic heterocycles. The lowest BCUT2D eigenvalue weighted by atomic mass is 10.2. The summed E-state index contributed by atoms with van der Waals surface area (Å²) in [7, 11) is 0. The molecule has 2 heterocycles. The highest BCUT2D eigenvalue weighted by Gasteiger charge is 2.29. The molecule has 0 saturated carbocycles. The Labute approximate surface area is 141 Å². The van der Waals surface area contributed by atoms with Gasteiger partial charge in [0.25, 0.3) is 0 Å². The van der Waals surface area contributed by atoms with Crippen molar-refractivity contribution in [1.29, 1.82) is 0 Å². The zero-order chi connectivity index (χ0) is 15.5. The number of rotatable bonds is 3. The van der Waals surface area contributed by atoms with Crippen LogP contribution in [0.3, 0.4) is 0 Å². The number of amides is 1. The maximum Gasteiger partial charge on any atom is 0.249 e. The maximum absolute atomic E-state index is 12.6. The van der Waals surface area contributed by atoms with E-state index in [0.29, 0.717) is 12.4 Å². The molecule has 124 valence electrons. The van der Waals surface area contributed by atoms with Crippen molar-refractivity contribution in [2.75, 3.05) is 19.6 Å². The van der Waals surface area contributed by atoms with Crippen LogP contribution in [-0.2, 0) is 4.79 Å². The lowest BCUT2D eigenvalue weighted by Crippen LogP contribution is -2.53. The number of hydrogen-bond acceptors (Lipinski definition) is 5. The molecule has 0 spiro atoms. The quantitative estimate of drug-likeness (QED) is 0.909. The molecule has 0 aliphatic carbocycles. The summed E-state index contributed by atoms with van der Waals surface area (Å²) < 4.78 is 0. The smallest absolute Gasteiger partial charge is 0.249 e. The van der Waals surface area contributed by atoms with E-state index >= 15 is 0 Å². The monoisotopic (exact) mass is 336 g/mol. The van der Waals surface area contributed by atoms with Gasteiger partial charge in [0.05, 0.1) is 0 Å². The number of tetrazole rings is 1. The molecule has 0 bridgehead atoms. The largest absolute Gasteiger partial charge is 0.336 e. The summed E-state index contributed by atoms with van der Waals surface area (Å²) in [4.78, 5) is 15.9. The molecule has 23 heavy (non-hydrogen) atoms. The zero-order valence-corrected chi connectivity index (χ0v) is 14.0. The minimum absolute atomic E-state index is 0. The van der Waals surface area contributed by atoms with Gasteiger partial charge in [-0.15, -0.1) is 22.6 Å². The molecular formula is C15H21ClN6O. The van der Waals surface area contributed by atoms with Gasteiger partial charge in [-0.3, -0.25) is 4.79 Å². The first-order valence-corrected chi connectivity index (χ1v) is 7.53. The van der Waals surface area contributed by atoms with Crippen molar-refractivity contribution in [3.8, 4) is 11.4 Å². The Balaban J connectivity index is 0.00000192. The fraction of sp³-hybridized carbons (Fsp3) is 0.467. The third kappa shape index (κ3) is 3.68. The van der Waals surface area contributed by atoms with E-state index in [1.54, 1.807) is 0 Å². The summed E-state index contributed by atoms with van der Waals surface area (Å²) in [5.41, 5.74) is 0.893. The molecule has 2 atom stereocenters. The van der Waals surface area contributed by atoms with E-state index in [0.717, 1.165) is 18.7 Å². The molecule has 1 amide bonds. The minimum Gasteiger partial charge on any atom is -0.336 e. The number of nitrogens with zero attached hydrogens (tertiary/aromatic N) is 5. The number of carbonyl (C=O) groups is 1. The van der Waals surface area contributed by atoms with E-state index in [1.807, 2.05) is 49.1 Å². The number of nitrogens with one attached hydrogen (secondary N) is 1. The third-order valence-corrected chi connectivity index (χ3v) is 3.95. The van der Waals surface area contributed by atoms with Crippen molar-refractivity contribution in [3.63, 3.8) is 0 Å². The first-order valence-electron chi connectivity index (χ1n) is 7.53. The lowest BCUT2D eigenvalue weighted by molar-refractivity contribution is -0.137. The van der Waals surface area contributed by atoms with Gasteiger partial charge in [-0.05, 0) is 19.1 Å². The van der Waals surface area contributed by atoms with E-state index < -0.39 is 6.04 Å². The van der Waals surface area contributed by atoms with E-state index in [9.17, 15) is 4.79 Å². The van der Waals surface area contributed by atoms with Gasteiger partial charge in [0.2, 0.25) is 11.7 Å². The van der Waals surface area contributed by atoms with Crippen LogP contribution in [0.15, 0.2) is 30.3 Å². The molecule has 8 heteroatoms. The van der Waals surface area contributed by atoms with Gasteiger partial charge in [0.1, 0.15) is 6.04 Å². The summed E-state index contributed by atoms with van der Waals surface area (Å²) in [6, 6.07) is 9.36. The van der Waals surface area contributed by atoms with Crippen molar-refractivity contribution < 1.29 is 4.79 Å². The van der Waals surface area contributed by atoms with Gasteiger partial charge in [-0.2, -0.15) is 4.80 Å². The SMILES string of the molecule is CC1CNCCN1C(=O)C(C)n1nnc(-c2ccccc2)n1.Cl. The predicted octanol–water partition coefficient (Wildman–Crippen LogP) is 1.14. The van der Waals surface area contributed by atoms with E-state index in [2.05, 4.69) is 20.7 Å². The number of benzene rings is 1. The summed E-state index contributed by atoms with van der Waals surface area (Å²) in [6.45, 7) is 6.21. The minimum atomic E-state index is -0.453. The van der Waals surface area contributed by atoms with Crippen molar-refractivity contribution in [2.24, 2.45) is 0 Å². The second kappa shape index (κ2) is 7.52. The van der Waals surface area contributed by atoms with Crippen LogP contribution < -0.4 is 5.32 Å². The number of piperazine rings is 1. The first-order chi connectivity index (χ1) is 10.7. The zero-order valence-electron chi connectivity index (χ0n) is 13.2. The van der Waals surface area contributed by atoms with Crippen molar-refractivity contribution in [1.82, 2.24) is 30.4 Å². The number of aromatic nitrogens is 4. The average molecular weight is 337 g/mol. The molecule has 1 aliphatic rings. The fourth-order valence-corrected chi connectivity index (χ4v) is 2.60. The standard InChI is InChI=1S/C15H20N6O.ClH/c1-11-10-16-8-9-20(11)15(22)12(2)21-18-14(17-19-21)13-6-4-3-5-7-13;/h3-7,11-12,16H,8-10H2,1-2H3;1H. The molecule has 2 aromatic rings. The molecule has 3 rings (SSSR count). The van der Waals surface area contributed by atoms with Gasteiger partial charge in [0.15, 0.2) is 0 Å². The third-order valence-electron chi connectivity index (χ3n) is 3.95. The fourth-order valence-electron chi connectivity index (χ4n) is 2.60. The Morgan fingerprint density at radius 2 is 2.09 bits per heavy atom. The van der Waals surface area contributed by atoms with Crippen LogP contribution in [-0.4, -0.2) is 56.7 Å². The summed E-state index contributed by atoms with van der Waals surface area (Å²) >= 11 is 0. The second-order valence-corrected chi connectivity index (χ2v) is 5.56. The Bertz CT molecular complexity index is 646. The maximum atomic E-state index is 12.6. The molecule has 1 N–H and O–H groups in total. The Morgan fingerprint density at radius 3 is 2.78 bits per heavy atom. The molecule has 1 saturated heterocycles. The highest BCUT2D eigenvalue weighted by molar-refractivity contribution is 5.85. The predicted molar refractivity (Wildman–Crippen MR) is 89.3 cm³/mol. The van der Waals surface area contributed by atoms with Crippen molar-refractivity contribution in [3.05, 3.63) is 30.3 Å². The van der Waals surface area contributed by atoms with Gasteiger partial charge in [0, 0.05) is 31.2 Å². The molecule has 2 unspecified atom stereocenters. The van der Waals surface area contributed by atoms with Gasteiger partial charge >= 0.3 is 0 Å². The van der Waals surface area contributed by atoms with Crippen LogP contribution in [0, 0.1) is 0 Å². The van der Waals surface area contributed by atoms with Gasteiger partial charge < -0.3 is 10.2 Å². The first kappa shape index (κ1) is 17.4. The van der Waals surface area contributed by atoms with Crippen LogP contribution in [0.5, 0.6) is 0 Å². The van der Waals surface area contributed by atoms with Crippen molar-refractivity contribution in [2.45, 2.75) is 25.9 Å². The van der Waals surface area contributed by atoms with Crippen LogP contribution in [0.2, 0.25) is 0 Å². The Hall–Kier alpha value is -1.99. The van der Waals surface area contributed by atoms with Gasteiger partial charge in [-0.1, -0.05) is 30.3 Å². The van der Waals surface area contributed by atoms with Crippen LogP contribution >= 0.6 is 12.4 Å². The van der Waals surface area contributed by atoms with Crippen LogP contribution in [0.4, 0.5) is 0 Å². The summed E-state index contributed by atoms with van der Waals surface area (Å²) in [5.74, 6) is 0.569. The molecular weight excluding hydrogens is 316 g/mol. The van der Waals surface area contributed by atoms with E-state index in [-0.39, 0.29) is 24.4 Å². The highest BCUT2D eigenvalue weighted by Crippen LogP contribution is 2.16. The van der Waals surface area contributed by atoms with Crippen LogP contribution in [0.25, 0.3) is 11.4 Å². The molecule has 0 radical (unpaired) electrons. The van der Waals surface area contributed by atoms with Crippen LogP contribution in [0.1, 0.15) is 19.9 Å². The molecule has 1 fully saturated rings. The summed E-state index contributed by atoms with van der Waals surface area (Å²) in [6.07, 6.45) is 0. The number of carbonyl (C=O) groups excluding carboxylic acids is 1. The summed E-state index contributed by atoms with van der Waals surface area (Å²) in [5, 5.41) is 15.7. The van der Waals surface area contributed by atoms with Gasteiger partial charge in [-0.25, -0.2) is 0 Å².